The van der Waals surface area contributed by atoms with Crippen LogP contribution in [0.2, 0.25) is 0 Å². The van der Waals surface area contributed by atoms with E-state index in [9.17, 15) is 19.1 Å². The summed E-state index contributed by atoms with van der Waals surface area (Å²) in [6.45, 7) is 0.165. The molecule has 2 heterocycles. The Kier molecular flexibility index (Phi) is 6.17. The van der Waals surface area contributed by atoms with Crippen molar-refractivity contribution in [3.63, 3.8) is 0 Å². The topological polar surface area (TPSA) is 89.2 Å². The summed E-state index contributed by atoms with van der Waals surface area (Å²) in [4.78, 5) is 27.4. The van der Waals surface area contributed by atoms with Gasteiger partial charge in [0.1, 0.15) is 34.9 Å². The Bertz CT molecular complexity index is 1200. The van der Waals surface area contributed by atoms with Crippen molar-refractivity contribution in [1.29, 1.82) is 0 Å². The number of hydrogen-bond acceptors (Lipinski definition) is 6. The molecular formula is C25H22FNO6. The molecule has 1 amide bonds. The quantitative estimate of drug-likeness (QED) is 0.331. The van der Waals surface area contributed by atoms with E-state index in [4.69, 9.17) is 13.9 Å². The Labute approximate surface area is 189 Å². The van der Waals surface area contributed by atoms with Crippen molar-refractivity contribution in [1.82, 2.24) is 4.90 Å². The zero-order valence-electron chi connectivity index (χ0n) is 18.1. The van der Waals surface area contributed by atoms with Crippen LogP contribution in [0.3, 0.4) is 0 Å². The number of halogens is 1. The van der Waals surface area contributed by atoms with Crippen LogP contribution < -0.4 is 9.47 Å². The van der Waals surface area contributed by atoms with Gasteiger partial charge in [-0.3, -0.25) is 9.59 Å². The minimum atomic E-state index is -0.924. The summed E-state index contributed by atoms with van der Waals surface area (Å²) in [5, 5.41) is 11.2. The summed E-state index contributed by atoms with van der Waals surface area (Å²) in [5.74, 6) is -1.20. The minimum Gasteiger partial charge on any atom is -0.507 e. The van der Waals surface area contributed by atoms with E-state index in [1.807, 2.05) is 0 Å². The lowest BCUT2D eigenvalue weighted by atomic mass is 9.98. The van der Waals surface area contributed by atoms with Crippen LogP contribution in [-0.2, 0) is 16.0 Å². The highest BCUT2D eigenvalue weighted by Gasteiger charge is 2.47. The molecule has 0 saturated carbocycles. The molecule has 2 aromatic carbocycles. The molecule has 1 aliphatic rings. The third-order valence-corrected chi connectivity index (χ3v) is 5.57. The molecule has 0 bridgehead atoms. The molecule has 1 aromatic heterocycles. The maximum absolute atomic E-state index is 13.2. The zero-order chi connectivity index (χ0) is 23.5. The van der Waals surface area contributed by atoms with Crippen LogP contribution >= 0.6 is 0 Å². The highest BCUT2D eigenvalue weighted by Crippen LogP contribution is 2.41. The highest BCUT2D eigenvalue weighted by atomic mass is 19.1. The van der Waals surface area contributed by atoms with Gasteiger partial charge >= 0.3 is 0 Å². The monoisotopic (exact) mass is 451 g/mol. The number of carbonyl (C=O) groups excluding carboxylic acids is 2. The van der Waals surface area contributed by atoms with Gasteiger partial charge in [-0.1, -0.05) is 12.1 Å². The van der Waals surface area contributed by atoms with Gasteiger partial charge in [-0.2, -0.15) is 0 Å². The van der Waals surface area contributed by atoms with Crippen LogP contribution in [0.5, 0.6) is 11.5 Å². The molecule has 0 aliphatic carbocycles. The van der Waals surface area contributed by atoms with E-state index in [-0.39, 0.29) is 35.0 Å². The van der Waals surface area contributed by atoms with Gasteiger partial charge in [-0.05, 0) is 48.4 Å². The molecule has 1 N–H and O–H groups in total. The number of aliphatic hydroxyl groups excluding tert-OH is 1. The van der Waals surface area contributed by atoms with E-state index in [1.54, 1.807) is 42.5 Å². The molecule has 1 fully saturated rings. The summed E-state index contributed by atoms with van der Waals surface area (Å²) >= 11 is 0. The molecule has 1 aliphatic heterocycles. The molecule has 0 spiro atoms. The Morgan fingerprint density at radius 2 is 1.85 bits per heavy atom. The highest BCUT2D eigenvalue weighted by molar-refractivity contribution is 6.46. The van der Waals surface area contributed by atoms with Gasteiger partial charge in [0.25, 0.3) is 11.7 Å². The summed E-state index contributed by atoms with van der Waals surface area (Å²) in [7, 11) is 2.93. The molecule has 1 unspecified atom stereocenters. The van der Waals surface area contributed by atoms with Gasteiger partial charge in [-0.25, -0.2) is 4.39 Å². The maximum atomic E-state index is 13.2. The molecule has 0 radical (unpaired) electrons. The largest absolute Gasteiger partial charge is 0.507 e. The van der Waals surface area contributed by atoms with Crippen molar-refractivity contribution in [2.24, 2.45) is 0 Å². The fourth-order valence-electron chi connectivity index (χ4n) is 3.89. The lowest BCUT2D eigenvalue weighted by Gasteiger charge is -2.23. The molecule has 170 valence electrons. The van der Waals surface area contributed by atoms with Gasteiger partial charge in [-0.15, -0.1) is 0 Å². The van der Waals surface area contributed by atoms with Gasteiger partial charge in [0.2, 0.25) is 0 Å². The first-order valence-corrected chi connectivity index (χ1v) is 10.2. The van der Waals surface area contributed by atoms with E-state index in [0.717, 1.165) is 5.56 Å². The molecule has 4 rings (SSSR count). The number of hydrogen-bond donors (Lipinski definition) is 1. The fourth-order valence-corrected chi connectivity index (χ4v) is 3.89. The van der Waals surface area contributed by atoms with Crippen LogP contribution in [0.25, 0.3) is 5.76 Å². The first-order valence-electron chi connectivity index (χ1n) is 10.2. The predicted octanol–water partition coefficient (Wildman–Crippen LogP) is 4.10. The van der Waals surface area contributed by atoms with Gasteiger partial charge in [0.15, 0.2) is 0 Å². The third-order valence-electron chi connectivity index (χ3n) is 5.57. The predicted molar refractivity (Wildman–Crippen MR) is 117 cm³/mol. The SMILES string of the molecule is COc1ccc(/C(O)=C2/C(=O)C(=O)N(CCc3ccc(F)cc3)C2c2ccco2)c(OC)c1. The summed E-state index contributed by atoms with van der Waals surface area (Å²) in [6, 6.07) is 13.0. The number of furan rings is 1. The number of likely N-dealkylation sites (tertiary alicyclic amines) is 1. The Hall–Kier alpha value is -4.07. The average Bonchev–Trinajstić information content (AvgIpc) is 3.45. The van der Waals surface area contributed by atoms with Crippen LogP contribution in [0.4, 0.5) is 4.39 Å². The second-order valence-corrected chi connectivity index (χ2v) is 7.45. The van der Waals surface area contributed by atoms with E-state index in [0.29, 0.717) is 17.9 Å². The molecular weight excluding hydrogens is 429 g/mol. The van der Waals surface area contributed by atoms with Crippen LogP contribution in [0.15, 0.2) is 70.9 Å². The maximum Gasteiger partial charge on any atom is 0.295 e. The smallest absolute Gasteiger partial charge is 0.295 e. The van der Waals surface area contributed by atoms with Crippen molar-refractivity contribution in [3.05, 3.63) is 89.1 Å². The van der Waals surface area contributed by atoms with Crippen LogP contribution in [-0.4, -0.2) is 42.5 Å². The standard InChI is InChI=1S/C25H22FNO6/c1-31-17-9-10-18(20(14-17)32-2)23(28)21-22(19-4-3-13-33-19)27(25(30)24(21)29)12-11-15-5-7-16(26)8-6-15/h3-10,13-14,22,28H,11-12H2,1-2H3/b23-21-. The number of aliphatic hydroxyl groups is 1. The summed E-state index contributed by atoms with van der Waals surface area (Å²) in [5.41, 5.74) is 0.942. The molecule has 33 heavy (non-hydrogen) atoms. The van der Waals surface area contributed by atoms with Gasteiger partial charge in [0, 0.05) is 12.6 Å². The third kappa shape index (κ3) is 4.19. The lowest BCUT2D eigenvalue weighted by molar-refractivity contribution is -0.140. The molecule has 1 saturated heterocycles. The number of amides is 1. The second-order valence-electron chi connectivity index (χ2n) is 7.45. The second kappa shape index (κ2) is 9.20. The number of ether oxygens (including phenoxy) is 2. The van der Waals surface area contributed by atoms with Crippen molar-refractivity contribution >= 4 is 17.4 Å². The zero-order valence-corrected chi connectivity index (χ0v) is 18.1. The van der Waals surface area contributed by atoms with Gasteiger partial charge < -0.3 is 23.9 Å². The van der Waals surface area contributed by atoms with Gasteiger partial charge in [0.05, 0.1) is 31.6 Å². The Balaban J connectivity index is 1.76. The molecule has 1 atom stereocenters. The van der Waals surface area contributed by atoms with Crippen molar-refractivity contribution in [3.8, 4) is 11.5 Å². The first-order chi connectivity index (χ1) is 15.9. The van der Waals surface area contributed by atoms with E-state index in [1.165, 1.54) is 37.5 Å². The number of nitrogens with zero attached hydrogens (tertiary/aromatic N) is 1. The van der Waals surface area contributed by atoms with E-state index >= 15 is 0 Å². The minimum absolute atomic E-state index is 0.0995. The average molecular weight is 451 g/mol. The molecule has 3 aromatic rings. The summed E-state index contributed by atoms with van der Waals surface area (Å²) < 4.78 is 29.3. The number of methoxy groups -OCH3 is 2. The Morgan fingerprint density at radius 1 is 1.09 bits per heavy atom. The number of benzene rings is 2. The van der Waals surface area contributed by atoms with Crippen molar-refractivity contribution < 1.29 is 33.0 Å². The van der Waals surface area contributed by atoms with Crippen LogP contribution in [0, 0.1) is 5.82 Å². The number of ketones is 1. The fraction of sp³-hybridized carbons (Fsp3) is 0.200. The lowest BCUT2D eigenvalue weighted by Crippen LogP contribution is -2.31. The van der Waals surface area contributed by atoms with E-state index < -0.39 is 17.7 Å². The molecule has 7 nitrogen and oxygen atoms in total. The van der Waals surface area contributed by atoms with Crippen molar-refractivity contribution in [2.45, 2.75) is 12.5 Å². The first kappa shape index (κ1) is 22.1. The van der Waals surface area contributed by atoms with Crippen LogP contribution in [0.1, 0.15) is 22.9 Å². The normalized spacial score (nSPS) is 17.4. The van der Waals surface area contributed by atoms with Crippen molar-refractivity contribution in [2.75, 3.05) is 20.8 Å². The molecule has 8 heteroatoms. The number of carbonyl (C=O) groups is 2. The number of Topliss-reactive ketones (excluding diaryl/α,β-unsaturated/α-hetero) is 1. The van der Waals surface area contributed by atoms with E-state index in [2.05, 4.69) is 0 Å². The summed E-state index contributed by atoms with van der Waals surface area (Å²) in [6.07, 6.45) is 1.82. The Morgan fingerprint density at radius 3 is 2.48 bits per heavy atom. The number of rotatable bonds is 7.